The summed E-state index contributed by atoms with van der Waals surface area (Å²) in [5.41, 5.74) is 0.861. The Bertz CT molecular complexity index is 519. The van der Waals surface area contributed by atoms with E-state index in [1.807, 2.05) is 20.8 Å². The second-order valence-electron chi connectivity index (χ2n) is 6.19. The van der Waals surface area contributed by atoms with Crippen molar-refractivity contribution in [1.29, 1.82) is 5.26 Å². The van der Waals surface area contributed by atoms with Crippen LogP contribution in [0.2, 0.25) is 0 Å². The first-order chi connectivity index (χ1) is 9.39. The van der Waals surface area contributed by atoms with Gasteiger partial charge in [0.05, 0.1) is 11.6 Å². The van der Waals surface area contributed by atoms with Gasteiger partial charge in [-0.15, -0.1) is 0 Å². The molecule has 1 amide bonds. The molecule has 0 unspecified atom stereocenters. The number of nitrogens with zero attached hydrogens (tertiary/aromatic N) is 2. The van der Waals surface area contributed by atoms with E-state index in [4.69, 9.17) is 10.00 Å². The Kier molecular flexibility index (Phi) is 3.99. The lowest BCUT2D eigenvalue weighted by Crippen LogP contribution is -2.38. The number of hydrogen-bond acceptors (Lipinski definition) is 3. The molecule has 0 spiro atoms. The van der Waals surface area contributed by atoms with Gasteiger partial charge in [0.1, 0.15) is 5.60 Å². The van der Waals surface area contributed by atoms with Crippen molar-refractivity contribution < 1.29 is 9.53 Å². The number of hydrogen-bond donors (Lipinski definition) is 0. The van der Waals surface area contributed by atoms with Gasteiger partial charge in [-0.2, -0.15) is 5.26 Å². The van der Waals surface area contributed by atoms with Crippen LogP contribution in [0.3, 0.4) is 0 Å². The van der Waals surface area contributed by atoms with E-state index in [1.54, 1.807) is 29.2 Å². The highest BCUT2D eigenvalue weighted by molar-refractivity contribution is 5.88. The first-order valence-corrected chi connectivity index (χ1v) is 6.90. The van der Waals surface area contributed by atoms with Gasteiger partial charge >= 0.3 is 6.09 Å². The van der Waals surface area contributed by atoms with Crippen molar-refractivity contribution in [3.8, 4) is 6.07 Å². The molecular weight excluding hydrogens is 252 g/mol. The molecule has 2 rings (SSSR count). The quantitative estimate of drug-likeness (QED) is 0.842. The minimum Gasteiger partial charge on any atom is -0.443 e. The van der Waals surface area contributed by atoms with Gasteiger partial charge < -0.3 is 4.74 Å². The Hall–Kier alpha value is -2.02. The van der Waals surface area contributed by atoms with Crippen molar-refractivity contribution in [1.82, 2.24) is 0 Å². The zero-order valence-electron chi connectivity index (χ0n) is 12.2. The molecule has 4 nitrogen and oxygen atoms in total. The third-order valence-corrected chi connectivity index (χ3v) is 3.06. The van der Waals surface area contributed by atoms with Crippen LogP contribution in [0.25, 0.3) is 0 Å². The standard InChI is InChI=1S/C16H20N2O2/c1-16(2,3)20-15(19)18(11-13-4-5-13)14-8-6-12(10-17)7-9-14/h6-9,13H,4-5,11H2,1-3H3. The van der Waals surface area contributed by atoms with Gasteiger partial charge in [0.25, 0.3) is 0 Å². The molecule has 1 saturated carbocycles. The topological polar surface area (TPSA) is 53.3 Å². The van der Waals surface area contributed by atoms with E-state index in [2.05, 4.69) is 6.07 Å². The fraction of sp³-hybridized carbons (Fsp3) is 0.500. The summed E-state index contributed by atoms with van der Waals surface area (Å²) in [5, 5.41) is 8.83. The summed E-state index contributed by atoms with van der Waals surface area (Å²) in [6.45, 7) is 6.26. The SMILES string of the molecule is CC(C)(C)OC(=O)N(CC1CC1)c1ccc(C#N)cc1. The molecular formula is C16H20N2O2. The zero-order valence-corrected chi connectivity index (χ0v) is 12.2. The third kappa shape index (κ3) is 3.99. The molecule has 0 heterocycles. The van der Waals surface area contributed by atoms with E-state index in [9.17, 15) is 4.79 Å². The lowest BCUT2D eigenvalue weighted by atomic mass is 10.2. The summed E-state index contributed by atoms with van der Waals surface area (Å²) in [6, 6.07) is 9.12. The largest absolute Gasteiger partial charge is 0.443 e. The van der Waals surface area contributed by atoms with Crippen LogP contribution in [0.15, 0.2) is 24.3 Å². The Labute approximate surface area is 120 Å². The summed E-state index contributed by atoms with van der Waals surface area (Å²) in [4.78, 5) is 14.0. The second kappa shape index (κ2) is 5.54. The van der Waals surface area contributed by atoms with E-state index < -0.39 is 5.60 Å². The fourth-order valence-corrected chi connectivity index (χ4v) is 1.88. The highest BCUT2D eigenvalue weighted by Gasteiger charge is 2.30. The van der Waals surface area contributed by atoms with E-state index in [-0.39, 0.29) is 6.09 Å². The highest BCUT2D eigenvalue weighted by Crippen LogP contribution is 2.32. The average Bonchev–Trinajstić information content (AvgIpc) is 3.18. The Morgan fingerprint density at radius 2 is 1.95 bits per heavy atom. The predicted octanol–water partition coefficient (Wildman–Crippen LogP) is 3.71. The third-order valence-electron chi connectivity index (χ3n) is 3.06. The van der Waals surface area contributed by atoms with Crippen LogP contribution in [0.4, 0.5) is 10.5 Å². The molecule has 0 saturated heterocycles. The van der Waals surface area contributed by atoms with Gasteiger partial charge in [-0.05, 0) is 63.8 Å². The Morgan fingerprint density at radius 3 is 2.40 bits per heavy atom. The average molecular weight is 272 g/mol. The van der Waals surface area contributed by atoms with Gasteiger partial charge in [-0.25, -0.2) is 4.79 Å². The van der Waals surface area contributed by atoms with Crippen LogP contribution < -0.4 is 4.90 Å². The molecule has 20 heavy (non-hydrogen) atoms. The number of ether oxygens (including phenoxy) is 1. The number of anilines is 1. The van der Waals surface area contributed by atoms with Crippen LogP contribution in [0.1, 0.15) is 39.2 Å². The maximum Gasteiger partial charge on any atom is 0.414 e. The van der Waals surface area contributed by atoms with E-state index in [0.717, 1.165) is 18.5 Å². The van der Waals surface area contributed by atoms with Gasteiger partial charge in [0.15, 0.2) is 0 Å². The number of benzene rings is 1. The molecule has 4 heteroatoms. The predicted molar refractivity (Wildman–Crippen MR) is 77.5 cm³/mol. The highest BCUT2D eigenvalue weighted by atomic mass is 16.6. The molecule has 0 aromatic heterocycles. The molecule has 106 valence electrons. The maximum atomic E-state index is 12.3. The molecule has 1 aromatic carbocycles. The molecule has 0 atom stereocenters. The van der Waals surface area contributed by atoms with E-state index >= 15 is 0 Å². The number of carbonyl (C=O) groups excluding carboxylic acids is 1. The summed E-state index contributed by atoms with van der Waals surface area (Å²) in [5.74, 6) is 0.568. The van der Waals surface area contributed by atoms with Crippen LogP contribution in [-0.2, 0) is 4.74 Å². The lowest BCUT2D eigenvalue weighted by Gasteiger charge is -2.27. The van der Waals surface area contributed by atoms with Crippen molar-refractivity contribution in [2.45, 2.75) is 39.2 Å². The number of rotatable bonds is 3. The summed E-state index contributed by atoms with van der Waals surface area (Å²) >= 11 is 0. The summed E-state index contributed by atoms with van der Waals surface area (Å²) in [6.07, 6.45) is 2.00. The molecule has 0 bridgehead atoms. The second-order valence-corrected chi connectivity index (χ2v) is 6.19. The molecule has 0 N–H and O–H groups in total. The van der Waals surface area contributed by atoms with Crippen LogP contribution >= 0.6 is 0 Å². The summed E-state index contributed by atoms with van der Waals surface area (Å²) < 4.78 is 5.46. The summed E-state index contributed by atoms with van der Waals surface area (Å²) in [7, 11) is 0. The number of nitriles is 1. The molecule has 0 radical (unpaired) electrons. The van der Waals surface area contributed by atoms with Crippen molar-refractivity contribution in [2.75, 3.05) is 11.4 Å². The Morgan fingerprint density at radius 1 is 1.35 bits per heavy atom. The number of amides is 1. The van der Waals surface area contributed by atoms with E-state index in [0.29, 0.717) is 18.0 Å². The van der Waals surface area contributed by atoms with Gasteiger partial charge in [-0.1, -0.05) is 0 Å². The first kappa shape index (κ1) is 14.4. The van der Waals surface area contributed by atoms with Crippen molar-refractivity contribution in [3.05, 3.63) is 29.8 Å². The molecule has 0 aliphatic heterocycles. The van der Waals surface area contributed by atoms with Crippen LogP contribution in [0, 0.1) is 17.2 Å². The van der Waals surface area contributed by atoms with Gasteiger partial charge in [0, 0.05) is 12.2 Å². The molecule has 1 aliphatic carbocycles. The molecule has 1 aliphatic rings. The lowest BCUT2D eigenvalue weighted by molar-refractivity contribution is 0.0578. The smallest absolute Gasteiger partial charge is 0.414 e. The van der Waals surface area contributed by atoms with Crippen molar-refractivity contribution in [3.63, 3.8) is 0 Å². The number of carbonyl (C=O) groups is 1. The zero-order chi connectivity index (χ0) is 14.8. The minimum absolute atomic E-state index is 0.325. The van der Waals surface area contributed by atoms with Crippen LogP contribution in [0.5, 0.6) is 0 Å². The molecule has 1 aromatic rings. The normalized spacial score (nSPS) is 14.5. The van der Waals surface area contributed by atoms with Gasteiger partial charge in [-0.3, -0.25) is 4.90 Å². The minimum atomic E-state index is -0.508. The van der Waals surface area contributed by atoms with Crippen molar-refractivity contribution >= 4 is 11.8 Å². The van der Waals surface area contributed by atoms with Crippen LogP contribution in [-0.4, -0.2) is 18.2 Å². The van der Waals surface area contributed by atoms with Gasteiger partial charge in [0.2, 0.25) is 0 Å². The van der Waals surface area contributed by atoms with Crippen molar-refractivity contribution in [2.24, 2.45) is 5.92 Å². The molecule has 1 fully saturated rings. The Balaban J connectivity index is 2.17. The van der Waals surface area contributed by atoms with E-state index in [1.165, 1.54) is 0 Å². The monoisotopic (exact) mass is 272 g/mol. The first-order valence-electron chi connectivity index (χ1n) is 6.90. The fourth-order valence-electron chi connectivity index (χ4n) is 1.88. The maximum absolute atomic E-state index is 12.3.